The Balaban J connectivity index is 1.10. The van der Waals surface area contributed by atoms with Crippen LogP contribution in [0, 0.1) is 35.2 Å². The molecule has 5 aliphatic heterocycles. The number of rotatable bonds is 9. The van der Waals surface area contributed by atoms with E-state index in [1.54, 1.807) is 6.07 Å². The number of Topliss-reactive ketones (excluding diaryl/α,β-unsaturated/α-hetero) is 1. The lowest BCUT2D eigenvalue weighted by molar-refractivity contribution is -0.888. The monoisotopic (exact) mass is 773 g/mol. The van der Waals surface area contributed by atoms with Crippen molar-refractivity contribution < 1.29 is 39.6 Å². The number of benzene rings is 2. The van der Waals surface area contributed by atoms with E-state index in [2.05, 4.69) is 41.5 Å². The molecule has 57 heavy (non-hydrogen) atoms. The molecule has 1 saturated carbocycles. The number of nitrogens with two attached hydrogens (primary N) is 1. The maximum atomic E-state index is 12.9. The number of carbonyl (C=O) groups excluding carboxylic acids is 1. The molecule has 1 spiro atoms. The second kappa shape index (κ2) is 15.4. The highest BCUT2D eigenvalue weighted by Gasteiger charge is 2.52. The number of nitrogens with zero attached hydrogens (tertiary/aromatic N) is 1. The van der Waals surface area contributed by atoms with Crippen LogP contribution < -0.4 is 25.4 Å². The number of aryl methyl sites for hydroxylation is 1. The Morgan fingerprint density at radius 3 is 2.75 bits per heavy atom. The van der Waals surface area contributed by atoms with Crippen molar-refractivity contribution in [3.8, 4) is 41.1 Å². The van der Waals surface area contributed by atoms with Crippen LogP contribution >= 0.6 is 0 Å². The lowest BCUT2D eigenvalue weighted by Crippen LogP contribution is -3.13. The molecule has 0 saturated heterocycles. The minimum absolute atomic E-state index is 0.0356. The quantitative estimate of drug-likeness (QED) is 0.187. The molecular formula is C46H53N4O7+. The summed E-state index contributed by atoms with van der Waals surface area (Å²) in [6.45, 7) is 3.35. The van der Waals surface area contributed by atoms with Crippen molar-refractivity contribution in [2.75, 3.05) is 13.1 Å². The number of aliphatic hydroxyl groups is 3. The van der Waals surface area contributed by atoms with Crippen LogP contribution in [0.4, 0.5) is 0 Å². The third kappa shape index (κ3) is 6.99. The average Bonchev–Trinajstić information content (AvgIpc) is 3.93. The van der Waals surface area contributed by atoms with E-state index in [0.717, 1.165) is 89.9 Å². The van der Waals surface area contributed by atoms with Crippen LogP contribution in [0.1, 0.15) is 129 Å². The maximum Gasteiger partial charge on any atom is 0.252 e. The van der Waals surface area contributed by atoms with Crippen molar-refractivity contribution in [2.45, 2.75) is 127 Å². The minimum Gasteiger partial charge on any atom is -0.508 e. The average molecular weight is 774 g/mol. The first-order valence-corrected chi connectivity index (χ1v) is 20.9. The molecule has 298 valence electrons. The predicted molar refractivity (Wildman–Crippen MR) is 213 cm³/mol. The number of phenolic OH excluding ortho intramolecular Hbond substituents is 1. The largest absolute Gasteiger partial charge is 0.508 e. The Hall–Kier alpha value is -4.46. The van der Waals surface area contributed by atoms with Gasteiger partial charge in [0.1, 0.15) is 48.1 Å². The Morgan fingerprint density at radius 1 is 1.11 bits per heavy atom. The van der Waals surface area contributed by atoms with Gasteiger partial charge in [-0.3, -0.25) is 20.0 Å². The molecule has 1 fully saturated rings. The van der Waals surface area contributed by atoms with E-state index >= 15 is 0 Å². The maximum absolute atomic E-state index is 12.9. The number of allylic oxidation sites excluding steroid dienone is 1. The minimum atomic E-state index is -1.05. The van der Waals surface area contributed by atoms with Gasteiger partial charge in [-0.25, -0.2) is 0 Å². The molecule has 2 bridgehead atoms. The van der Waals surface area contributed by atoms with Gasteiger partial charge in [0.2, 0.25) is 0 Å². The van der Waals surface area contributed by atoms with Gasteiger partial charge in [-0.05, 0) is 90.3 Å². The molecule has 11 nitrogen and oxygen atoms in total. The van der Waals surface area contributed by atoms with Crippen molar-refractivity contribution in [2.24, 2.45) is 22.1 Å². The molecule has 5 heterocycles. The van der Waals surface area contributed by atoms with Crippen LogP contribution in [-0.4, -0.2) is 63.4 Å². The van der Waals surface area contributed by atoms with Crippen LogP contribution in [-0.2, 0) is 11.2 Å². The van der Waals surface area contributed by atoms with Gasteiger partial charge in [0.25, 0.3) is 6.23 Å². The summed E-state index contributed by atoms with van der Waals surface area (Å²) in [4.78, 5) is 19.0. The first kappa shape index (κ1) is 38.1. The Kier molecular flexibility index (Phi) is 10.3. The fourth-order valence-corrected chi connectivity index (χ4v) is 10.6. The zero-order valence-electron chi connectivity index (χ0n) is 32.5. The number of aromatic hydroxyl groups is 1. The second-order valence-corrected chi connectivity index (χ2v) is 17.2. The van der Waals surface area contributed by atoms with E-state index in [1.807, 2.05) is 19.2 Å². The van der Waals surface area contributed by atoms with Gasteiger partial charge < -0.3 is 35.6 Å². The Labute approximate surface area is 334 Å². The molecule has 2 aromatic rings. The van der Waals surface area contributed by atoms with Gasteiger partial charge in [0, 0.05) is 37.6 Å². The Bertz CT molecular complexity index is 2180. The number of carbonyl (C=O) groups is 1. The fraction of sp³-hybridized carbons (Fsp3) is 0.522. The van der Waals surface area contributed by atoms with Crippen LogP contribution in [0.15, 0.2) is 52.8 Å². The summed E-state index contributed by atoms with van der Waals surface area (Å²) >= 11 is 0. The van der Waals surface area contributed by atoms with Gasteiger partial charge >= 0.3 is 0 Å². The molecule has 11 heteroatoms. The smallest absolute Gasteiger partial charge is 0.252 e. The van der Waals surface area contributed by atoms with Crippen molar-refractivity contribution in [3.63, 3.8) is 0 Å². The Morgan fingerprint density at radius 2 is 1.93 bits per heavy atom. The number of aliphatic hydroxyl groups excluding tert-OH is 3. The van der Waals surface area contributed by atoms with E-state index in [1.165, 1.54) is 11.6 Å². The van der Waals surface area contributed by atoms with Crippen molar-refractivity contribution in [1.29, 1.82) is 0 Å². The van der Waals surface area contributed by atoms with Crippen LogP contribution in [0.3, 0.4) is 0 Å². The van der Waals surface area contributed by atoms with Gasteiger partial charge in [-0.15, -0.1) is 0 Å². The number of hydrogen-bond acceptors (Lipinski definition) is 10. The summed E-state index contributed by atoms with van der Waals surface area (Å²) in [5.41, 5.74) is 14.1. The summed E-state index contributed by atoms with van der Waals surface area (Å²) in [6, 6.07) is 7.31. The van der Waals surface area contributed by atoms with Gasteiger partial charge in [0.05, 0.1) is 29.4 Å². The molecule has 9 atom stereocenters. The normalized spacial score (nSPS) is 29.5. The lowest BCUT2D eigenvalue weighted by atomic mass is 9.67. The van der Waals surface area contributed by atoms with E-state index < -0.39 is 35.9 Å². The number of nitrogens with one attached hydrogen (secondary N) is 2. The number of aliphatic imine (C=N–C) groups is 1. The fourth-order valence-electron chi connectivity index (χ4n) is 10.6. The number of ether oxygens (including phenoxy) is 2. The number of hydrogen-bond donors (Lipinski definition) is 7. The van der Waals surface area contributed by atoms with Gasteiger partial charge in [-0.1, -0.05) is 56.1 Å². The zero-order valence-corrected chi connectivity index (χ0v) is 32.5. The molecule has 2 aromatic carbocycles. The third-order valence-corrected chi connectivity index (χ3v) is 13.5. The summed E-state index contributed by atoms with van der Waals surface area (Å²) in [7, 11) is 0. The highest BCUT2D eigenvalue weighted by molar-refractivity contribution is 6.08. The second-order valence-electron chi connectivity index (χ2n) is 17.2. The zero-order chi connectivity index (χ0) is 39.4. The summed E-state index contributed by atoms with van der Waals surface area (Å²) in [5, 5.41) is 47.3. The highest BCUT2D eigenvalue weighted by atomic mass is 16.5. The number of ketones is 1. The van der Waals surface area contributed by atoms with Crippen LogP contribution in [0.2, 0.25) is 0 Å². The molecule has 9 unspecified atom stereocenters. The van der Waals surface area contributed by atoms with Gasteiger partial charge in [-0.2, -0.15) is 0 Å². The van der Waals surface area contributed by atoms with Crippen LogP contribution in [0.25, 0.3) is 0 Å². The van der Waals surface area contributed by atoms with Crippen LogP contribution in [0.5, 0.6) is 17.2 Å². The first-order valence-electron chi connectivity index (χ1n) is 20.9. The predicted octanol–water partition coefficient (Wildman–Crippen LogP) is 3.82. The van der Waals surface area contributed by atoms with Gasteiger partial charge in [0.15, 0.2) is 11.5 Å². The molecule has 8 N–H and O–H groups in total. The van der Waals surface area contributed by atoms with Crippen molar-refractivity contribution in [3.05, 3.63) is 75.6 Å². The number of quaternary nitrogens is 1. The molecule has 0 amide bonds. The third-order valence-electron chi connectivity index (χ3n) is 13.5. The summed E-state index contributed by atoms with van der Waals surface area (Å²) in [6.07, 6.45) is 11.0. The number of fused-ring (bicyclic) bond motifs is 6. The summed E-state index contributed by atoms with van der Waals surface area (Å²) < 4.78 is 13.2. The molecule has 0 radical (unpaired) electrons. The molecule has 2 aliphatic carbocycles. The highest BCUT2D eigenvalue weighted by Crippen LogP contribution is 2.52. The topological polar surface area (TPSA) is 171 Å². The summed E-state index contributed by atoms with van der Waals surface area (Å²) in [5.74, 6) is 10.8. The van der Waals surface area contributed by atoms with Crippen molar-refractivity contribution in [1.82, 2.24) is 5.32 Å². The number of phenols is 1. The standard InChI is InChI=1S/C46H52N4O7/c1-2-5-28(51)19-30(53)20-29(52)8-6-26-18-41-40(21-39(26)55)56-17-16-46(14-3-4-15-46)36-12-13-38(54)32-10-11-33-42-27(22-49-44(33)47)7-9-31(43(32)42)34-23-48-37-25-50(24-35(34)37)45(36)57-41/h10-11,18,21,23-24,27-28,30-31,36,38,44-45,49,51,53-55H,2-9,14-15,19-20,22,25,47H2,1H3/p+1. The van der Waals surface area contributed by atoms with E-state index in [9.17, 15) is 25.2 Å². The van der Waals surface area contributed by atoms with Crippen molar-refractivity contribution >= 4 is 11.5 Å². The molecule has 9 rings (SSSR count). The first-order chi connectivity index (χ1) is 27.6. The van der Waals surface area contributed by atoms with E-state index in [-0.39, 0.29) is 55.0 Å². The van der Waals surface area contributed by atoms with E-state index in [0.29, 0.717) is 30.2 Å². The molecular weight excluding hydrogens is 721 g/mol. The van der Waals surface area contributed by atoms with E-state index in [4.69, 9.17) is 20.2 Å². The lowest BCUT2D eigenvalue weighted by Gasteiger charge is -2.41. The molecule has 0 aromatic heterocycles. The SMILES string of the molecule is CCCC(O)CC(O)CC(=O)CCc1cc2c(cc1O)OC#CC1(CCCC1)C1C#CC(O)c3ccc4c5c3C(CCC5CNC4N)C3=CN=C4C[NH+](C=C34)C1O2. The molecule has 7 aliphatic rings.